The molecule has 10 heteroatoms. The summed E-state index contributed by atoms with van der Waals surface area (Å²) in [6.45, 7) is 3.77. The Kier molecular flexibility index (Phi) is 6.65. The third-order valence-electron chi connectivity index (χ3n) is 6.10. The molecule has 1 saturated carbocycles. The van der Waals surface area contributed by atoms with E-state index in [-0.39, 0.29) is 17.5 Å². The Morgan fingerprint density at radius 1 is 1.11 bits per heavy atom. The van der Waals surface area contributed by atoms with Crippen LogP contribution in [0.1, 0.15) is 39.2 Å². The van der Waals surface area contributed by atoms with Crippen LogP contribution in [0.15, 0.2) is 48.5 Å². The summed E-state index contributed by atoms with van der Waals surface area (Å²) in [6, 6.07) is 10.1. The van der Waals surface area contributed by atoms with Gasteiger partial charge in [-0.3, -0.25) is 4.90 Å². The molecule has 0 radical (unpaired) electrons. The lowest BCUT2D eigenvalue weighted by atomic mass is 9.95. The van der Waals surface area contributed by atoms with Gasteiger partial charge in [0, 0.05) is 5.56 Å². The van der Waals surface area contributed by atoms with Crippen LogP contribution < -0.4 is 4.72 Å². The number of benzene rings is 2. The highest BCUT2D eigenvalue weighted by atomic mass is 32.2. The van der Waals surface area contributed by atoms with Crippen LogP contribution >= 0.6 is 0 Å². The summed E-state index contributed by atoms with van der Waals surface area (Å²) in [5.74, 6) is -4.18. The van der Waals surface area contributed by atoms with Gasteiger partial charge in [0.05, 0.1) is 17.8 Å². The molecule has 0 unspecified atom stereocenters. The molecular weight excluding hydrogens is 481 g/mol. The maximum absolute atomic E-state index is 15.5. The molecule has 0 bridgehead atoms. The third-order valence-corrected chi connectivity index (χ3v) is 8.03. The number of nitrogens with one attached hydrogen (secondary N) is 1. The number of likely N-dealkylation sites (tertiary alicyclic amines) is 1. The molecule has 35 heavy (non-hydrogen) atoms. The number of alkyl halides is 2. The topological polar surface area (TPSA) is 75.7 Å². The van der Waals surface area contributed by atoms with Gasteiger partial charge in [0.2, 0.25) is 10.0 Å². The zero-order valence-corrected chi connectivity index (χ0v) is 20.6. The van der Waals surface area contributed by atoms with Crippen molar-refractivity contribution in [3.05, 3.63) is 59.9 Å². The van der Waals surface area contributed by atoms with Crippen LogP contribution in [-0.2, 0) is 21.2 Å². The molecule has 6 nitrogen and oxygen atoms in total. The highest BCUT2D eigenvalue weighted by Gasteiger charge is 2.58. The van der Waals surface area contributed by atoms with Gasteiger partial charge in [-0.2, -0.15) is 0 Å². The number of ether oxygens (including phenoxy) is 1. The van der Waals surface area contributed by atoms with Crippen molar-refractivity contribution >= 4 is 16.1 Å². The summed E-state index contributed by atoms with van der Waals surface area (Å²) in [4.78, 5) is 13.7. The molecule has 2 aromatic carbocycles. The first-order valence-corrected chi connectivity index (χ1v) is 13.0. The van der Waals surface area contributed by atoms with Crippen LogP contribution in [0.5, 0.6) is 0 Å². The fourth-order valence-corrected chi connectivity index (χ4v) is 5.90. The Morgan fingerprint density at radius 2 is 1.77 bits per heavy atom. The molecule has 4 rings (SSSR count). The average molecular weight is 511 g/mol. The van der Waals surface area contributed by atoms with Crippen LogP contribution in [0.2, 0.25) is 0 Å². The lowest BCUT2D eigenvalue weighted by Crippen LogP contribution is -2.53. The fourth-order valence-electron chi connectivity index (χ4n) is 4.27. The van der Waals surface area contributed by atoms with Gasteiger partial charge < -0.3 is 4.74 Å². The Bertz CT molecular complexity index is 1190. The predicted molar refractivity (Wildman–Crippen MR) is 126 cm³/mol. The molecule has 1 N–H and O–H groups in total. The molecular formula is C25H29F3N2O4S. The van der Waals surface area contributed by atoms with Crippen molar-refractivity contribution in [3.8, 4) is 11.1 Å². The number of carbonyl (C=O) groups excluding carboxylic acids is 1. The number of sulfonamides is 1. The zero-order chi connectivity index (χ0) is 25.6. The van der Waals surface area contributed by atoms with Crippen LogP contribution in [0.25, 0.3) is 11.1 Å². The van der Waals surface area contributed by atoms with Gasteiger partial charge in [0.15, 0.2) is 0 Å². The van der Waals surface area contributed by atoms with E-state index in [9.17, 15) is 13.2 Å². The predicted octanol–water partition coefficient (Wildman–Crippen LogP) is 4.74. The van der Waals surface area contributed by atoms with Crippen molar-refractivity contribution in [2.24, 2.45) is 0 Å². The van der Waals surface area contributed by atoms with Crippen molar-refractivity contribution in [2.75, 3.05) is 6.54 Å². The van der Waals surface area contributed by atoms with Crippen molar-refractivity contribution in [2.45, 2.75) is 68.9 Å². The average Bonchev–Trinajstić information content (AvgIpc) is 3.58. The molecule has 1 heterocycles. The molecule has 1 aliphatic carbocycles. The van der Waals surface area contributed by atoms with Crippen molar-refractivity contribution in [1.29, 1.82) is 0 Å². The van der Waals surface area contributed by atoms with Gasteiger partial charge in [-0.05, 0) is 51.2 Å². The lowest BCUT2D eigenvalue weighted by Gasteiger charge is -2.30. The van der Waals surface area contributed by atoms with Gasteiger partial charge in [0.1, 0.15) is 17.5 Å². The number of halogens is 3. The first kappa shape index (κ1) is 25.5. The zero-order valence-electron chi connectivity index (χ0n) is 19.8. The summed E-state index contributed by atoms with van der Waals surface area (Å²) in [6.07, 6.45) is -0.544. The minimum atomic E-state index is -4.01. The number of hydrogen-bond donors (Lipinski definition) is 1. The molecule has 2 aromatic rings. The molecule has 2 aliphatic rings. The second-order valence-electron chi connectivity index (χ2n) is 10.1. The second-order valence-corrected chi connectivity index (χ2v) is 12.1. The number of nitrogens with zero attached hydrogens (tertiary/aromatic N) is 1. The van der Waals surface area contributed by atoms with E-state index in [4.69, 9.17) is 4.74 Å². The molecule has 0 spiro atoms. The summed E-state index contributed by atoms with van der Waals surface area (Å²) < 4.78 is 78.6. The number of amides is 1. The standard InChI is InChI=1S/C25H29F3N2O4S/c1-24(2,3)34-23(31)30-15-25(27,28)22(29-35(32,33)18-12-13-18)20(30)14-17-10-7-11-19(21(17)26)16-8-5-4-6-9-16/h4-11,18,20,22,29H,12-15H2,1-3H3/t20-,22+/m0/s1. The van der Waals surface area contributed by atoms with Crippen LogP contribution in [-0.4, -0.2) is 54.8 Å². The van der Waals surface area contributed by atoms with Crippen molar-refractivity contribution in [1.82, 2.24) is 9.62 Å². The minimum absolute atomic E-state index is 0.0956. The van der Waals surface area contributed by atoms with E-state index in [1.54, 1.807) is 63.2 Å². The summed E-state index contributed by atoms with van der Waals surface area (Å²) in [5, 5.41) is -0.729. The van der Waals surface area contributed by atoms with Crippen LogP contribution in [0, 0.1) is 5.82 Å². The number of carbonyl (C=O) groups is 1. The molecule has 1 amide bonds. The van der Waals surface area contributed by atoms with Gasteiger partial charge >= 0.3 is 6.09 Å². The first-order valence-electron chi connectivity index (χ1n) is 11.5. The smallest absolute Gasteiger partial charge is 0.410 e. The highest BCUT2D eigenvalue weighted by Crippen LogP contribution is 2.38. The monoisotopic (exact) mass is 510 g/mol. The SMILES string of the molecule is CC(C)(C)OC(=O)N1CC(F)(F)[C@H](NS(=O)(=O)C2CC2)[C@@H]1Cc1cccc(-c2ccccc2)c1F. The summed E-state index contributed by atoms with van der Waals surface area (Å²) in [7, 11) is -4.01. The molecule has 1 aliphatic heterocycles. The molecule has 2 atom stereocenters. The van der Waals surface area contributed by atoms with E-state index in [0.29, 0.717) is 18.4 Å². The highest BCUT2D eigenvalue weighted by molar-refractivity contribution is 7.90. The van der Waals surface area contributed by atoms with Gasteiger partial charge in [0.25, 0.3) is 5.92 Å². The second kappa shape index (κ2) is 9.13. The Balaban J connectivity index is 1.71. The van der Waals surface area contributed by atoms with E-state index in [0.717, 1.165) is 4.90 Å². The fraction of sp³-hybridized carbons (Fsp3) is 0.480. The summed E-state index contributed by atoms with van der Waals surface area (Å²) >= 11 is 0. The first-order chi connectivity index (χ1) is 16.3. The quantitative estimate of drug-likeness (QED) is 0.609. The van der Waals surface area contributed by atoms with Crippen molar-refractivity contribution < 1.29 is 31.1 Å². The molecule has 0 aromatic heterocycles. The Morgan fingerprint density at radius 3 is 2.37 bits per heavy atom. The van der Waals surface area contributed by atoms with Gasteiger partial charge in [-0.25, -0.2) is 31.1 Å². The van der Waals surface area contributed by atoms with Crippen molar-refractivity contribution in [3.63, 3.8) is 0 Å². The van der Waals surface area contributed by atoms with Gasteiger partial charge in [-0.1, -0.05) is 48.5 Å². The number of rotatable bonds is 6. The largest absolute Gasteiger partial charge is 0.444 e. The van der Waals surface area contributed by atoms with E-state index < -0.39 is 57.3 Å². The molecule has 1 saturated heterocycles. The Labute approximate surface area is 203 Å². The third kappa shape index (κ3) is 5.64. The lowest BCUT2D eigenvalue weighted by molar-refractivity contribution is -0.0123. The normalized spacial score (nSPS) is 22.3. The van der Waals surface area contributed by atoms with Crippen LogP contribution in [0.3, 0.4) is 0 Å². The van der Waals surface area contributed by atoms with Crippen LogP contribution in [0.4, 0.5) is 18.0 Å². The summed E-state index contributed by atoms with van der Waals surface area (Å²) in [5.41, 5.74) is 0.0321. The van der Waals surface area contributed by atoms with E-state index >= 15 is 13.2 Å². The van der Waals surface area contributed by atoms with E-state index in [1.807, 2.05) is 0 Å². The number of hydrogen-bond acceptors (Lipinski definition) is 4. The Hall–Kier alpha value is -2.59. The minimum Gasteiger partial charge on any atom is -0.444 e. The van der Waals surface area contributed by atoms with Gasteiger partial charge in [-0.15, -0.1) is 0 Å². The molecule has 2 fully saturated rings. The van der Waals surface area contributed by atoms with E-state index in [1.165, 1.54) is 6.07 Å². The maximum Gasteiger partial charge on any atom is 0.410 e. The maximum atomic E-state index is 15.5. The van der Waals surface area contributed by atoms with E-state index in [2.05, 4.69) is 4.72 Å². The molecule has 190 valence electrons.